The normalized spacial score (nSPS) is 23.2. The van der Waals surface area contributed by atoms with Gasteiger partial charge in [-0.3, -0.25) is 4.79 Å². The molecule has 1 N–H and O–H groups in total. The van der Waals surface area contributed by atoms with Gasteiger partial charge in [0, 0.05) is 38.3 Å². The van der Waals surface area contributed by atoms with Gasteiger partial charge in [-0.15, -0.1) is 0 Å². The number of piperazine rings is 1. The van der Waals surface area contributed by atoms with Crippen LogP contribution < -0.4 is 10.2 Å². The zero-order chi connectivity index (χ0) is 23.8. The summed E-state index contributed by atoms with van der Waals surface area (Å²) in [6.45, 7) is 5.73. The molecule has 0 unspecified atom stereocenters. The summed E-state index contributed by atoms with van der Waals surface area (Å²) in [5.74, 6) is 0.776. The van der Waals surface area contributed by atoms with Crippen molar-refractivity contribution in [3.05, 3.63) is 51.6 Å². The van der Waals surface area contributed by atoms with E-state index in [9.17, 15) is 13.6 Å². The molecule has 0 bridgehead atoms. The molecule has 0 spiro atoms. The minimum absolute atomic E-state index is 0.00905. The summed E-state index contributed by atoms with van der Waals surface area (Å²) in [5.41, 5.74) is 2.10. The molecule has 9 heteroatoms. The SMILES string of the molecule is C[C@@H]1C[C@H](F)c2ncnc(N3CCN(C(=O)[C@H](CNCC4CC4)c4ccc(Br)c(F)c4)CC3)c21. The molecule has 0 radical (unpaired) electrons. The van der Waals surface area contributed by atoms with E-state index >= 15 is 0 Å². The van der Waals surface area contributed by atoms with Crippen LogP contribution in [0.3, 0.4) is 0 Å². The Kier molecular flexibility index (Phi) is 6.84. The molecule has 2 aliphatic carbocycles. The number of rotatable bonds is 7. The van der Waals surface area contributed by atoms with Gasteiger partial charge in [-0.25, -0.2) is 18.7 Å². The molecule has 2 fully saturated rings. The number of alkyl halides is 1. The van der Waals surface area contributed by atoms with Gasteiger partial charge in [0.25, 0.3) is 0 Å². The molecule has 5 rings (SSSR count). The third-order valence-corrected chi connectivity index (χ3v) is 7.90. The van der Waals surface area contributed by atoms with Gasteiger partial charge in [0.05, 0.1) is 16.1 Å². The standard InChI is InChI=1S/C25H30BrF2N5O/c1-15-10-21(28)23-22(15)24(31-14-30-23)32-6-8-33(9-7-32)25(34)18(13-29-12-16-2-3-16)17-4-5-19(26)20(27)11-17/h4-5,11,14-16,18,21,29H,2-3,6-10,12-13H2,1H3/t15-,18-,21+/m1/s1. The molecule has 3 aliphatic rings. The first kappa shape index (κ1) is 23.6. The van der Waals surface area contributed by atoms with E-state index < -0.39 is 12.1 Å². The predicted octanol–water partition coefficient (Wildman–Crippen LogP) is 4.33. The summed E-state index contributed by atoms with van der Waals surface area (Å²) in [7, 11) is 0. The highest BCUT2D eigenvalue weighted by molar-refractivity contribution is 9.10. The van der Waals surface area contributed by atoms with Crippen molar-refractivity contribution >= 4 is 27.7 Å². The zero-order valence-electron chi connectivity index (χ0n) is 19.3. The molecule has 1 aromatic carbocycles. The Balaban J connectivity index is 1.28. The second-order valence-corrected chi connectivity index (χ2v) is 10.6. The Hall–Kier alpha value is -2.13. The number of amides is 1. The molecule has 1 aromatic heterocycles. The van der Waals surface area contributed by atoms with Crippen molar-refractivity contribution in [3.63, 3.8) is 0 Å². The van der Waals surface area contributed by atoms with Crippen molar-refractivity contribution in [2.24, 2.45) is 5.92 Å². The van der Waals surface area contributed by atoms with Crippen LogP contribution >= 0.6 is 15.9 Å². The maximum atomic E-state index is 14.3. The number of anilines is 1. The van der Waals surface area contributed by atoms with Crippen molar-refractivity contribution in [2.45, 2.75) is 44.2 Å². The first-order valence-electron chi connectivity index (χ1n) is 12.1. The Morgan fingerprint density at radius 3 is 2.71 bits per heavy atom. The highest BCUT2D eigenvalue weighted by Gasteiger charge is 2.36. The Bertz CT molecular complexity index is 1060. The number of benzene rings is 1. The molecule has 34 heavy (non-hydrogen) atoms. The molecule has 2 heterocycles. The van der Waals surface area contributed by atoms with Gasteiger partial charge in [0.2, 0.25) is 5.91 Å². The van der Waals surface area contributed by atoms with Crippen LogP contribution in [0.1, 0.15) is 61.0 Å². The van der Waals surface area contributed by atoms with Crippen molar-refractivity contribution < 1.29 is 13.6 Å². The molecule has 2 aromatic rings. The van der Waals surface area contributed by atoms with E-state index in [1.54, 1.807) is 6.07 Å². The minimum atomic E-state index is -1.04. The lowest BCUT2D eigenvalue weighted by molar-refractivity contribution is -0.133. The third kappa shape index (κ3) is 4.82. The van der Waals surface area contributed by atoms with Crippen LogP contribution in [-0.2, 0) is 4.79 Å². The Morgan fingerprint density at radius 1 is 1.24 bits per heavy atom. The second-order valence-electron chi connectivity index (χ2n) is 9.74. The first-order valence-corrected chi connectivity index (χ1v) is 12.9. The van der Waals surface area contributed by atoms with Crippen LogP contribution in [0.25, 0.3) is 0 Å². The number of hydrogen-bond acceptors (Lipinski definition) is 5. The molecule has 1 saturated heterocycles. The van der Waals surface area contributed by atoms with E-state index in [1.165, 1.54) is 25.2 Å². The second kappa shape index (κ2) is 9.85. The van der Waals surface area contributed by atoms with Crippen LogP contribution in [-0.4, -0.2) is 60.0 Å². The number of carbonyl (C=O) groups is 1. The molecule has 1 amide bonds. The zero-order valence-corrected chi connectivity index (χ0v) is 20.9. The number of aromatic nitrogens is 2. The van der Waals surface area contributed by atoms with Crippen LogP contribution in [0.2, 0.25) is 0 Å². The van der Waals surface area contributed by atoms with E-state index in [0.29, 0.717) is 60.8 Å². The monoisotopic (exact) mass is 533 g/mol. The number of hydrogen-bond donors (Lipinski definition) is 1. The fraction of sp³-hybridized carbons (Fsp3) is 0.560. The van der Waals surface area contributed by atoms with E-state index in [0.717, 1.165) is 17.9 Å². The summed E-state index contributed by atoms with van der Waals surface area (Å²) in [5, 5.41) is 3.43. The lowest BCUT2D eigenvalue weighted by Crippen LogP contribution is -2.51. The molecular formula is C25H30BrF2N5O. The number of nitrogens with one attached hydrogen (secondary N) is 1. The van der Waals surface area contributed by atoms with Crippen molar-refractivity contribution in [3.8, 4) is 0 Å². The van der Waals surface area contributed by atoms with Gasteiger partial charge in [-0.1, -0.05) is 13.0 Å². The van der Waals surface area contributed by atoms with Crippen LogP contribution in [0.4, 0.5) is 14.6 Å². The van der Waals surface area contributed by atoms with Crippen LogP contribution in [0, 0.1) is 11.7 Å². The van der Waals surface area contributed by atoms with Crippen LogP contribution in [0.5, 0.6) is 0 Å². The predicted molar refractivity (Wildman–Crippen MR) is 130 cm³/mol. The Morgan fingerprint density at radius 2 is 2.00 bits per heavy atom. The molecule has 1 saturated carbocycles. The number of fused-ring (bicyclic) bond motifs is 1. The van der Waals surface area contributed by atoms with Gasteiger partial charge in [-0.2, -0.15) is 0 Å². The average Bonchev–Trinajstić information content (AvgIpc) is 3.62. The van der Waals surface area contributed by atoms with Gasteiger partial charge >= 0.3 is 0 Å². The molecule has 182 valence electrons. The number of halogens is 3. The average molecular weight is 534 g/mol. The van der Waals surface area contributed by atoms with Gasteiger partial charge in [-0.05, 0) is 71.3 Å². The molecule has 6 nitrogen and oxygen atoms in total. The first-order chi connectivity index (χ1) is 16.4. The number of nitrogens with zero attached hydrogens (tertiary/aromatic N) is 4. The third-order valence-electron chi connectivity index (χ3n) is 7.26. The maximum absolute atomic E-state index is 14.3. The van der Waals surface area contributed by atoms with Crippen molar-refractivity contribution in [1.29, 1.82) is 0 Å². The summed E-state index contributed by atoms with van der Waals surface area (Å²) in [4.78, 5) is 26.2. The summed E-state index contributed by atoms with van der Waals surface area (Å²) in [6, 6.07) is 4.95. The fourth-order valence-electron chi connectivity index (χ4n) is 5.10. The van der Waals surface area contributed by atoms with Crippen molar-refractivity contribution in [1.82, 2.24) is 20.2 Å². The topological polar surface area (TPSA) is 61.4 Å². The fourth-order valence-corrected chi connectivity index (χ4v) is 5.35. The van der Waals surface area contributed by atoms with Gasteiger partial charge in [0.15, 0.2) is 0 Å². The lowest BCUT2D eigenvalue weighted by atomic mass is 9.96. The summed E-state index contributed by atoms with van der Waals surface area (Å²) in [6.07, 6.45) is 3.31. The summed E-state index contributed by atoms with van der Waals surface area (Å²) < 4.78 is 29.0. The quantitative estimate of drug-likeness (QED) is 0.574. The smallest absolute Gasteiger partial charge is 0.231 e. The molecule has 1 aliphatic heterocycles. The Labute approximate surface area is 207 Å². The largest absolute Gasteiger partial charge is 0.353 e. The molecular weight excluding hydrogens is 504 g/mol. The minimum Gasteiger partial charge on any atom is -0.353 e. The van der Waals surface area contributed by atoms with Crippen LogP contribution in [0.15, 0.2) is 29.0 Å². The highest BCUT2D eigenvalue weighted by atomic mass is 79.9. The lowest BCUT2D eigenvalue weighted by Gasteiger charge is -2.38. The van der Waals surface area contributed by atoms with Gasteiger partial charge < -0.3 is 15.1 Å². The van der Waals surface area contributed by atoms with E-state index in [-0.39, 0.29) is 17.6 Å². The molecule has 3 atom stereocenters. The highest BCUT2D eigenvalue weighted by Crippen LogP contribution is 2.44. The van der Waals surface area contributed by atoms with Crippen molar-refractivity contribution in [2.75, 3.05) is 44.2 Å². The van der Waals surface area contributed by atoms with E-state index in [2.05, 4.69) is 36.1 Å². The maximum Gasteiger partial charge on any atom is 0.231 e. The van der Waals surface area contributed by atoms with Gasteiger partial charge in [0.1, 0.15) is 24.1 Å². The van der Waals surface area contributed by atoms with E-state index in [4.69, 9.17) is 0 Å². The van der Waals surface area contributed by atoms with E-state index in [1.807, 2.05) is 17.9 Å². The summed E-state index contributed by atoms with van der Waals surface area (Å²) >= 11 is 3.20. The number of carbonyl (C=O) groups excluding carboxylic acids is 1.